The van der Waals surface area contributed by atoms with Crippen LogP contribution in [0.1, 0.15) is 33.1 Å². The molecule has 2 atom stereocenters. The first-order valence-electron chi connectivity index (χ1n) is 7.02. The number of anilines is 2. The van der Waals surface area contributed by atoms with E-state index in [1.54, 1.807) is 12.1 Å². The van der Waals surface area contributed by atoms with Crippen LogP contribution in [-0.2, 0) is 10.0 Å². The van der Waals surface area contributed by atoms with Gasteiger partial charge < -0.3 is 10.6 Å². The van der Waals surface area contributed by atoms with Gasteiger partial charge in [0.15, 0.2) is 0 Å². The summed E-state index contributed by atoms with van der Waals surface area (Å²) in [5.74, 6) is 0. The molecule has 1 heterocycles. The van der Waals surface area contributed by atoms with Gasteiger partial charge in [0.2, 0.25) is 10.0 Å². The van der Waals surface area contributed by atoms with Crippen LogP contribution in [0.5, 0.6) is 0 Å². The van der Waals surface area contributed by atoms with Gasteiger partial charge >= 0.3 is 0 Å². The lowest BCUT2D eigenvalue weighted by Gasteiger charge is -2.31. The Morgan fingerprint density at radius 2 is 2.10 bits per heavy atom. The minimum Gasteiger partial charge on any atom is -0.397 e. The summed E-state index contributed by atoms with van der Waals surface area (Å²) in [7, 11) is -2.04. The molecule has 0 amide bonds. The van der Waals surface area contributed by atoms with Crippen LogP contribution in [-0.4, -0.2) is 27.5 Å². The van der Waals surface area contributed by atoms with E-state index >= 15 is 0 Å². The average molecular weight is 297 g/mol. The Kier molecular flexibility index (Phi) is 4.25. The molecule has 1 fully saturated rings. The monoisotopic (exact) mass is 297 g/mol. The molecular weight excluding hydrogens is 274 g/mol. The van der Waals surface area contributed by atoms with Gasteiger partial charge in [0, 0.05) is 12.1 Å². The molecule has 0 aromatic heterocycles. The first-order chi connectivity index (χ1) is 9.40. The van der Waals surface area contributed by atoms with Crippen LogP contribution in [0.15, 0.2) is 23.1 Å². The predicted octanol–water partition coefficient (Wildman–Crippen LogP) is 1.94. The third-order valence-electron chi connectivity index (χ3n) is 4.11. The van der Waals surface area contributed by atoms with E-state index in [2.05, 4.69) is 23.5 Å². The molecule has 1 aliphatic heterocycles. The third-order valence-corrected chi connectivity index (χ3v) is 5.53. The Bertz CT molecular complexity index is 586. The number of rotatable bonds is 4. The van der Waals surface area contributed by atoms with Crippen molar-refractivity contribution < 1.29 is 8.42 Å². The van der Waals surface area contributed by atoms with Crippen LogP contribution >= 0.6 is 0 Å². The zero-order valence-corrected chi connectivity index (χ0v) is 13.1. The highest BCUT2D eigenvalue weighted by Crippen LogP contribution is 2.36. The van der Waals surface area contributed by atoms with Gasteiger partial charge in [-0.3, -0.25) is 0 Å². The molecule has 1 aromatic carbocycles. The summed E-state index contributed by atoms with van der Waals surface area (Å²) in [4.78, 5) is 2.53. The van der Waals surface area contributed by atoms with E-state index in [4.69, 9.17) is 5.73 Å². The molecule has 2 rings (SSSR count). The van der Waals surface area contributed by atoms with Crippen LogP contribution in [0.25, 0.3) is 0 Å². The van der Waals surface area contributed by atoms with Crippen molar-refractivity contribution in [2.75, 3.05) is 17.7 Å². The van der Waals surface area contributed by atoms with Gasteiger partial charge in [0.25, 0.3) is 0 Å². The van der Waals surface area contributed by atoms with E-state index in [0.717, 1.165) is 24.9 Å². The Labute approximate surface area is 121 Å². The Balaban J connectivity index is 2.40. The number of hydrogen-bond acceptors (Lipinski definition) is 4. The lowest BCUT2D eigenvalue weighted by atomic mass is 10.1. The van der Waals surface area contributed by atoms with Gasteiger partial charge in [0.1, 0.15) is 0 Å². The van der Waals surface area contributed by atoms with Crippen molar-refractivity contribution in [3.8, 4) is 0 Å². The topological polar surface area (TPSA) is 75.4 Å². The number of nitrogens with one attached hydrogen (secondary N) is 1. The largest absolute Gasteiger partial charge is 0.397 e. The van der Waals surface area contributed by atoms with Crippen molar-refractivity contribution in [1.29, 1.82) is 0 Å². The normalized spacial score (nSPS) is 23.2. The van der Waals surface area contributed by atoms with Crippen molar-refractivity contribution >= 4 is 21.4 Å². The van der Waals surface area contributed by atoms with Gasteiger partial charge in [-0.1, -0.05) is 6.92 Å². The van der Waals surface area contributed by atoms with Gasteiger partial charge in [0.05, 0.1) is 16.3 Å². The van der Waals surface area contributed by atoms with Gasteiger partial charge in [-0.2, -0.15) is 0 Å². The van der Waals surface area contributed by atoms with Crippen LogP contribution in [0, 0.1) is 0 Å². The van der Waals surface area contributed by atoms with Gasteiger partial charge in [-0.05, 0) is 51.4 Å². The number of sulfonamides is 1. The molecule has 1 aliphatic rings. The van der Waals surface area contributed by atoms with E-state index < -0.39 is 10.0 Å². The Morgan fingerprint density at radius 3 is 2.65 bits per heavy atom. The molecule has 0 saturated carbocycles. The van der Waals surface area contributed by atoms with E-state index in [1.807, 2.05) is 6.07 Å². The fourth-order valence-electron chi connectivity index (χ4n) is 2.96. The van der Waals surface area contributed by atoms with Crippen LogP contribution in [0.2, 0.25) is 0 Å². The SMILES string of the molecule is CCC1CCC(C)N1c1ccc(S(=O)(=O)NC)cc1N. The molecule has 0 bridgehead atoms. The second-order valence-corrected chi connectivity index (χ2v) is 7.21. The van der Waals surface area contributed by atoms with Crippen LogP contribution in [0.4, 0.5) is 11.4 Å². The van der Waals surface area contributed by atoms with E-state index in [9.17, 15) is 8.42 Å². The lowest BCUT2D eigenvalue weighted by Crippen LogP contribution is -2.34. The highest BCUT2D eigenvalue weighted by Gasteiger charge is 2.30. The number of nitrogens with zero attached hydrogens (tertiary/aromatic N) is 1. The smallest absolute Gasteiger partial charge is 0.240 e. The molecule has 112 valence electrons. The van der Waals surface area contributed by atoms with E-state index in [-0.39, 0.29) is 4.90 Å². The first-order valence-corrected chi connectivity index (χ1v) is 8.50. The summed E-state index contributed by atoms with van der Waals surface area (Å²) in [6.45, 7) is 4.36. The molecule has 6 heteroatoms. The van der Waals surface area contributed by atoms with Crippen molar-refractivity contribution in [3.63, 3.8) is 0 Å². The summed E-state index contributed by atoms with van der Waals surface area (Å²) >= 11 is 0. The van der Waals surface area contributed by atoms with Crippen LogP contribution in [0.3, 0.4) is 0 Å². The maximum Gasteiger partial charge on any atom is 0.240 e. The molecule has 0 radical (unpaired) electrons. The molecule has 0 aliphatic carbocycles. The highest BCUT2D eigenvalue weighted by molar-refractivity contribution is 7.89. The number of benzene rings is 1. The first kappa shape index (κ1) is 15.1. The standard InChI is InChI=1S/C14H23N3O2S/c1-4-11-6-5-10(2)17(11)14-8-7-12(9-13(14)15)20(18,19)16-3/h7-11,16H,4-6,15H2,1-3H3. The molecule has 2 unspecified atom stereocenters. The maximum absolute atomic E-state index is 11.8. The third kappa shape index (κ3) is 2.62. The predicted molar refractivity (Wildman–Crippen MR) is 82.4 cm³/mol. The quantitative estimate of drug-likeness (QED) is 0.833. The summed E-state index contributed by atoms with van der Waals surface area (Å²) in [6, 6.07) is 5.91. The molecular formula is C14H23N3O2S. The van der Waals surface area contributed by atoms with Crippen molar-refractivity contribution in [3.05, 3.63) is 18.2 Å². The zero-order valence-electron chi connectivity index (χ0n) is 12.3. The number of hydrogen-bond donors (Lipinski definition) is 2. The molecule has 1 aromatic rings. The minimum absolute atomic E-state index is 0.209. The van der Waals surface area contributed by atoms with Crippen molar-refractivity contribution in [2.45, 2.75) is 50.1 Å². The molecule has 5 nitrogen and oxygen atoms in total. The summed E-state index contributed by atoms with van der Waals surface area (Å²) in [5.41, 5.74) is 7.56. The zero-order chi connectivity index (χ0) is 14.9. The maximum atomic E-state index is 11.8. The van der Waals surface area contributed by atoms with Crippen molar-refractivity contribution in [2.24, 2.45) is 0 Å². The fourth-order valence-corrected chi connectivity index (χ4v) is 3.72. The highest BCUT2D eigenvalue weighted by atomic mass is 32.2. The summed E-state index contributed by atoms with van der Waals surface area (Å²) < 4.78 is 25.9. The number of nitrogen functional groups attached to an aromatic ring is 1. The summed E-state index contributed by atoms with van der Waals surface area (Å²) in [6.07, 6.45) is 3.38. The van der Waals surface area contributed by atoms with Gasteiger partial charge in [-0.15, -0.1) is 0 Å². The Hall–Kier alpha value is -1.27. The van der Waals surface area contributed by atoms with Gasteiger partial charge in [-0.25, -0.2) is 13.1 Å². The molecule has 1 saturated heterocycles. The second-order valence-electron chi connectivity index (χ2n) is 5.32. The Morgan fingerprint density at radius 1 is 1.40 bits per heavy atom. The lowest BCUT2D eigenvalue weighted by molar-refractivity contribution is 0.588. The van der Waals surface area contributed by atoms with E-state index in [0.29, 0.717) is 17.8 Å². The number of nitrogens with two attached hydrogens (primary N) is 1. The average Bonchev–Trinajstić information content (AvgIpc) is 2.79. The molecule has 3 N–H and O–H groups in total. The minimum atomic E-state index is -3.44. The van der Waals surface area contributed by atoms with Crippen molar-refractivity contribution in [1.82, 2.24) is 4.72 Å². The summed E-state index contributed by atoms with van der Waals surface area (Å²) in [5, 5.41) is 0. The fraction of sp³-hybridized carbons (Fsp3) is 0.571. The van der Waals surface area contributed by atoms with Crippen LogP contribution < -0.4 is 15.4 Å². The molecule has 0 spiro atoms. The molecule has 20 heavy (non-hydrogen) atoms. The second kappa shape index (κ2) is 5.61. The van der Waals surface area contributed by atoms with E-state index in [1.165, 1.54) is 7.05 Å².